The lowest BCUT2D eigenvalue weighted by Gasteiger charge is -2.07. The fourth-order valence-electron chi connectivity index (χ4n) is 2.22. The second-order valence-corrected chi connectivity index (χ2v) is 6.93. The first-order valence-corrected chi connectivity index (χ1v) is 9.13. The molecule has 0 aliphatic heterocycles. The summed E-state index contributed by atoms with van der Waals surface area (Å²) in [7, 11) is -1.28. The molecule has 0 saturated carbocycles. The second-order valence-electron chi connectivity index (χ2n) is 5.23. The van der Waals surface area contributed by atoms with Crippen molar-refractivity contribution in [2.24, 2.45) is 0 Å². The van der Waals surface area contributed by atoms with E-state index in [9.17, 15) is 13.4 Å². The van der Waals surface area contributed by atoms with Crippen molar-refractivity contribution in [2.45, 2.75) is 18.4 Å². The van der Waals surface area contributed by atoms with Gasteiger partial charge in [0.15, 0.2) is 6.61 Å². The Morgan fingerprint density at radius 3 is 2.65 bits per heavy atom. The van der Waals surface area contributed by atoms with Crippen LogP contribution in [0.3, 0.4) is 0 Å². The minimum atomic E-state index is -1.28. The van der Waals surface area contributed by atoms with E-state index in [-0.39, 0.29) is 29.7 Å². The van der Waals surface area contributed by atoms with Gasteiger partial charge in [0.25, 0.3) is 5.89 Å². The number of benzene rings is 2. The Bertz CT molecular complexity index is 940. The minimum absolute atomic E-state index is 0.103. The van der Waals surface area contributed by atoms with Crippen LogP contribution in [0.25, 0.3) is 11.4 Å². The number of esters is 1. The number of carbonyl (C=O) groups excluding carboxylic acids is 1. The standard InChI is InChI=1S/C18H15FN2O4S/c1-2-26(23)15-6-4-3-5-14(15)18(22)24-11-16-20-17(21-25-16)12-7-9-13(19)10-8-12/h3-10H,2,11H2,1H3. The maximum Gasteiger partial charge on any atom is 0.339 e. The summed E-state index contributed by atoms with van der Waals surface area (Å²) in [5.41, 5.74) is 0.822. The van der Waals surface area contributed by atoms with Crippen molar-refractivity contribution in [3.05, 3.63) is 65.8 Å². The first-order valence-electron chi connectivity index (χ1n) is 7.81. The van der Waals surface area contributed by atoms with Crippen LogP contribution in [0.4, 0.5) is 4.39 Å². The lowest BCUT2D eigenvalue weighted by atomic mass is 10.2. The van der Waals surface area contributed by atoms with Crippen LogP contribution in [0.15, 0.2) is 57.9 Å². The molecule has 0 saturated heterocycles. The average Bonchev–Trinajstić information content (AvgIpc) is 3.15. The molecule has 3 rings (SSSR count). The topological polar surface area (TPSA) is 82.3 Å². The van der Waals surface area contributed by atoms with Gasteiger partial charge in [-0.2, -0.15) is 4.98 Å². The molecule has 0 aliphatic carbocycles. The fourth-order valence-corrected chi connectivity index (χ4v) is 3.16. The maximum atomic E-state index is 13.0. The summed E-state index contributed by atoms with van der Waals surface area (Å²) in [6.07, 6.45) is 0. The zero-order chi connectivity index (χ0) is 18.5. The Kier molecular flexibility index (Phi) is 5.52. The van der Waals surface area contributed by atoms with E-state index in [4.69, 9.17) is 9.26 Å². The van der Waals surface area contributed by atoms with E-state index in [1.165, 1.54) is 24.3 Å². The molecule has 3 aromatic rings. The molecule has 0 amide bonds. The molecule has 26 heavy (non-hydrogen) atoms. The van der Waals surface area contributed by atoms with Gasteiger partial charge >= 0.3 is 5.97 Å². The van der Waals surface area contributed by atoms with Crippen LogP contribution in [-0.2, 0) is 22.1 Å². The SMILES string of the molecule is CCS(=O)c1ccccc1C(=O)OCc1nc(-c2ccc(F)cc2)no1. The zero-order valence-electron chi connectivity index (χ0n) is 13.8. The van der Waals surface area contributed by atoms with Gasteiger partial charge in [-0.05, 0) is 36.4 Å². The van der Waals surface area contributed by atoms with Gasteiger partial charge in [-0.1, -0.05) is 24.2 Å². The molecule has 1 atom stereocenters. The highest BCUT2D eigenvalue weighted by Gasteiger charge is 2.17. The molecule has 0 bridgehead atoms. The molecule has 1 heterocycles. The highest BCUT2D eigenvalue weighted by Crippen LogP contribution is 2.18. The molecule has 0 N–H and O–H groups in total. The van der Waals surface area contributed by atoms with Crippen LogP contribution in [0.5, 0.6) is 0 Å². The number of hydrogen-bond acceptors (Lipinski definition) is 6. The number of hydrogen-bond donors (Lipinski definition) is 0. The predicted molar refractivity (Wildman–Crippen MR) is 92.2 cm³/mol. The van der Waals surface area contributed by atoms with Crippen LogP contribution in [0.2, 0.25) is 0 Å². The quantitative estimate of drug-likeness (QED) is 0.615. The largest absolute Gasteiger partial charge is 0.452 e. The highest BCUT2D eigenvalue weighted by molar-refractivity contribution is 7.85. The van der Waals surface area contributed by atoms with E-state index in [0.29, 0.717) is 16.2 Å². The Hall–Kier alpha value is -2.87. The molecular formula is C18H15FN2O4S. The van der Waals surface area contributed by atoms with E-state index >= 15 is 0 Å². The number of aromatic nitrogens is 2. The molecular weight excluding hydrogens is 359 g/mol. The van der Waals surface area contributed by atoms with Gasteiger partial charge in [0.05, 0.1) is 21.3 Å². The van der Waals surface area contributed by atoms with Crippen LogP contribution in [0, 0.1) is 5.82 Å². The number of ether oxygens (including phenoxy) is 1. The number of carbonyl (C=O) groups is 1. The summed E-state index contributed by atoms with van der Waals surface area (Å²) < 4.78 is 35.2. The van der Waals surface area contributed by atoms with E-state index in [2.05, 4.69) is 10.1 Å². The van der Waals surface area contributed by atoms with E-state index in [0.717, 1.165) is 0 Å². The van der Waals surface area contributed by atoms with Crippen molar-refractivity contribution in [2.75, 3.05) is 5.75 Å². The van der Waals surface area contributed by atoms with Crippen molar-refractivity contribution in [1.82, 2.24) is 10.1 Å². The normalized spacial score (nSPS) is 11.9. The van der Waals surface area contributed by atoms with Crippen LogP contribution < -0.4 is 0 Å². The van der Waals surface area contributed by atoms with Crippen LogP contribution in [-0.4, -0.2) is 26.1 Å². The van der Waals surface area contributed by atoms with Crippen LogP contribution >= 0.6 is 0 Å². The molecule has 0 aliphatic rings. The van der Waals surface area contributed by atoms with Gasteiger partial charge in [0.2, 0.25) is 5.82 Å². The maximum absolute atomic E-state index is 13.0. The number of halogens is 1. The van der Waals surface area contributed by atoms with Crippen molar-refractivity contribution in [3.63, 3.8) is 0 Å². The zero-order valence-corrected chi connectivity index (χ0v) is 14.7. The fraction of sp³-hybridized carbons (Fsp3) is 0.167. The Morgan fingerprint density at radius 2 is 1.92 bits per heavy atom. The molecule has 8 heteroatoms. The summed E-state index contributed by atoms with van der Waals surface area (Å²) in [4.78, 5) is 16.8. The third kappa shape index (κ3) is 4.02. The lowest BCUT2D eigenvalue weighted by molar-refractivity contribution is 0.0425. The van der Waals surface area contributed by atoms with Crippen molar-refractivity contribution in [3.8, 4) is 11.4 Å². The molecule has 1 aromatic heterocycles. The minimum Gasteiger partial charge on any atom is -0.452 e. The third-order valence-electron chi connectivity index (χ3n) is 3.51. The second kappa shape index (κ2) is 8.01. The molecule has 1 unspecified atom stereocenters. The van der Waals surface area contributed by atoms with Gasteiger partial charge in [0.1, 0.15) is 5.82 Å². The monoisotopic (exact) mass is 374 g/mol. The van der Waals surface area contributed by atoms with E-state index in [1.807, 2.05) is 0 Å². The third-order valence-corrected chi connectivity index (χ3v) is 4.88. The lowest BCUT2D eigenvalue weighted by Crippen LogP contribution is -2.10. The molecule has 0 spiro atoms. The predicted octanol–water partition coefficient (Wildman–Crippen LogP) is 3.36. The summed E-state index contributed by atoms with van der Waals surface area (Å²) >= 11 is 0. The smallest absolute Gasteiger partial charge is 0.339 e. The van der Waals surface area contributed by atoms with Gasteiger partial charge in [-0.25, -0.2) is 9.18 Å². The van der Waals surface area contributed by atoms with E-state index in [1.54, 1.807) is 31.2 Å². The van der Waals surface area contributed by atoms with E-state index < -0.39 is 16.8 Å². The summed E-state index contributed by atoms with van der Waals surface area (Å²) in [5, 5.41) is 3.78. The van der Waals surface area contributed by atoms with Crippen molar-refractivity contribution < 1.29 is 22.7 Å². The highest BCUT2D eigenvalue weighted by atomic mass is 32.2. The Labute approximate surface area is 151 Å². The van der Waals surface area contributed by atoms with Crippen molar-refractivity contribution in [1.29, 1.82) is 0 Å². The number of rotatable bonds is 6. The summed E-state index contributed by atoms with van der Waals surface area (Å²) in [5.74, 6) is -0.219. The van der Waals surface area contributed by atoms with Gasteiger partial charge < -0.3 is 9.26 Å². The summed E-state index contributed by atoms with van der Waals surface area (Å²) in [6, 6.07) is 12.2. The molecule has 0 fully saturated rings. The van der Waals surface area contributed by atoms with Gasteiger partial charge in [-0.3, -0.25) is 4.21 Å². The average molecular weight is 374 g/mol. The molecule has 0 radical (unpaired) electrons. The molecule has 2 aromatic carbocycles. The van der Waals surface area contributed by atoms with Crippen LogP contribution in [0.1, 0.15) is 23.2 Å². The molecule has 6 nitrogen and oxygen atoms in total. The van der Waals surface area contributed by atoms with Crippen molar-refractivity contribution >= 4 is 16.8 Å². The Morgan fingerprint density at radius 1 is 1.19 bits per heavy atom. The first-order chi connectivity index (χ1) is 12.6. The summed E-state index contributed by atoms with van der Waals surface area (Å²) in [6.45, 7) is 1.55. The number of nitrogens with zero attached hydrogens (tertiary/aromatic N) is 2. The Balaban J connectivity index is 1.69. The van der Waals surface area contributed by atoms with Gasteiger partial charge in [-0.15, -0.1) is 0 Å². The van der Waals surface area contributed by atoms with Gasteiger partial charge in [0, 0.05) is 11.3 Å². The first kappa shape index (κ1) is 17.9. The molecule has 134 valence electrons.